The Morgan fingerprint density at radius 3 is 2.55 bits per heavy atom. The van der Waals surface area contributed by atoms with Gasteiger partial charge in [0.05, 0.1) is 25.8 Å². The van der Waals surface area contributed by atoms with Gasteiger partial charge in [0.15, 0.2) is 11.5 Å². The number of fused-ring (bicyclic) bond motifs is 1. The van der Waals surface area contributed by atoms with Crippen LogP contribution < -0.4 is 14.8 Å². The predicted molar refractivity (Wildman–Crippen MR) is 165 cm³/mol. The summed E-state index contributed by atoms with van der Waals surface area (Å²) in [7, 11) is 3.23. The number of hydrogen-bond acceptors (Lipinski definition) is 7. The Morgan fingerprint density at radius 1 is 1.10 bits per heavy atom. The van der Waals surface area contributed by atoms with Crippen molar-refractivity contribution in [3.63, 3.8) is 0 Å². The van der Waals surface area contributed by atoms with Crippen molar-refractivity contribution >= 4 is 45.8 Å². The number of ether oxygens (including phenoxy) is 3. The molecule has 0 aliphatic heterocycles. The molecule has 0 bridgehead atoms. The van der Waals surface area contributed by atoms with Crippen LogP contribution in [-0.2, 0) is 9.53 Å². The zero-order chi connectivity index (χ0) is 29.5. The second-order valence-corrected chi connectivity index (χ2v) is 10.8. The quantitative estimate of drug-likeness (QED) is 0.148. The number of allylic oxidation sites excluding steroid dienone is 4. The van der Waals surface area contributed by atoms with Crippen LogP contribution in [0.4, 0.5) is 5.82 Å². The van der Waals surface area contributed by atoms with Gasteiger partial charge in [-0.25, -0.2) is 9.97 Å². The van der Waals surface area contributed by atoms with E-state index in [0.29, 0.717) is 84.4 Å². The second kappa shape index (κ2) is 17.8. The molecule has 0 saturated carbocycles. The summed E-state index contributed by atoms with van der Waals surface area (Å²) in [5.41, 5.74) is 0.707. The second-order valence-electron chi connectivity index (χ2n) is 9.82. The van der Waals surface area contributed by atoms with Gasteiger partial charge in [-0.05, 0) is 43.9 Å². The molecule has 0 aliphatic rings. The Balaban J connectivity index is 2.08. The average Bonchev–Trinajstić information content (AvgIpc) is 2.90. The fourth-order valence-corrected chi connectivity index (χ4v) is 4.59. The van der Waals surface area contributed by atoms with Crippen LogP contribution in [0.3, 0.4) is 0 Å². The van der Waals surface area contributed by atoms with Crippen LogP contribution in [0.25, 0.3) is 10.9 Å². The number of hydrogen-bond donors (Lipinski definition) is 1. The van der Waals surface area contributed by atoms with Gasteiger partial charge < -0.3 is 24.4 Å². The normalized spacial score (nSPS) is 12.9. The predicted octanol–water partition coefficient (Wildman–Crippen LogP) is 6.94. The molecule has 1 heterocycles. The molecule has 0 radical (unpaired) electrons. The van der Waals surface area contributed by atoms with Crippen LogP contribution in [0.2, 0.25) is 0 Å². The monoisotopic (exact) mass is 592 g/mol. The van der Waals surface area contributed by atoms with Gasteiger partial charge in [0.1, 0.15) is 12.1 Å². The zero-order valence-electron chi connectivity index (χ0n) is 24.2. The smallest absolute Gasteiger partial charge is 0.222 e. The van der Waals surface area contributed by atoms with Gasteiger partial charge in [-0.15, -0.1) is 0 Å². The van der Waals surface area contributed by atoms with Crippen molar-refractivity contribution in [1.82, 2.24) is 14.9 Å². The standard InChI is InChI=1S/C30H42Cl2N4O4/c1-7-9-23(31)17-24(32)16-22(4)35-30-25-18-27(39-6)28(19-26(25)33-20-34-30)40-14-8-12-36(13-15-38-5)29(37)11-10-21(2)3/h7,9,16,18-22H,1,8,10-15,17H2,2-6H3,(H,33,34,35)/b23-9+,24-16+. The lowest BCUT2D eigenvalue weighted by Gasteiger charge is -2.23. The highest BCUT2D eigenvalue weighted by Gasteiger charge is 2.16. The molecule has 1 unspecified atom stereocenters. The molecule has 1 amide bonds. The van der Waals surface area contributed by atoms with Crippen molar-refractivity contribution in [1.29, 1.82) is 0 Å². The van der Waals surface area contributed by atoms with E-state index in [1.165, 1.54) is 6.33 Å². The number of nitrogens with one attached hydrogen (secondary N) is 1. The minimum absolute atomic E-state index is 0.120. The third-order valence-electron chi connectivity index (χ3n) is 6.04. The lowest BCUT2D eigenvalue weighted by atomic mass is 10.1. The fraction of sp³-hybridized carbons (Fsp3) is 0.500. The van der Waals surface area contributed by atoms with E-state index in [1.54, 1.807) is 26.4 Å². The molecule has 2 rings (SSSR count). The summed E-state index contributed by atoms with van der Waals surface area (Å²) in [6.07, 6.45) is 9.23. The van der Waals surface area contributed by atoms with Crippen LogP contribution in [0.1, 0.15) is 46.5 Å². The number of methoxy groups -OCH3 is 2. The highest BCUT2D eigenvalue weighted by molar-refractivity contribution is 6.33. The van der Waals surface area contributed by atoms with Gasteiger partial charge in [-0.1, -0.05) is 49.7 Å². The Bertz CT molecular complexity index is 1170. The van der Waals surface area contributed by atoms with Gasteiger partial charge in [0.25, 0.3) is 0 Å². The maximum Gasteiger partial charge on any atom is 0.222 e. The van der Waals surface area contributed by atoms with Gasteiger partial charge in [0.2, 0.25) is 5.91 Å². The first kappa shape index (κ1) is 33.4. The van der Waals surface area contributed by atoms with Crippen LogP contribution in [-0.4, -0.2) is 67.3 Å². The summed E-state index contributed by atoms with van der Waals surface area (Å²) in [6.45, 7) is 11.9. The fourth-order valence-electron chi connectivity index (χ4n) is 3.96. The third-order valence-corrected chi connectivity index (χ3v) is 6.56. The van der Waals surface area contributed by atoms with E-state index in [0.717, 1.165) is 11.8 Å². The molecule has 1 aromatic heterocycles. The summed E-state index contributed by atoms with van der Waals surface area (Å²) in [5.74, 6) is 2.42. The lowest BCUT2D eigenvalue weighted by molar-refractivity contribution is -0.132. The van der Waals surface area contributed by atoms with Crippen LogP contribution in [0.15, 0.2) is 53.3 Å². The summed E-state index contributed by atoms with van der Waals surface area (Å²) in [4.78, 5) is 23.4. The molecule has 2 aromatic rings. The Morgan fingerprint density at radius 2 is 1.88 bits per heavy atom. The number of rotatable bonds is 18. The number of anilines is 1. The molecule has 1 N–H and O–H groups in total. The Hall–Kier alpha value is -2.81. The van der Waals surface area contributed by atoms with Crippen molar-refractivity contribution in [2.24, 2.45) is 5.92 Å². The van der Waals surface area contributed by atoms with Gasteiger partial charge in [-0.2, -0.15) is 0 Å². The number of aromatic nitrogens is 2. The maximum absolute atomic E-state index is 12.7. The van der Waals surface area contributed by atoms with E-state index < -0.39 is 0 Å². The number of halogens is 2. The average molecular weight is 594 g/mol. The molecule has 1 aromatic carbocycles. The molecule has 0 aliphatic carbocycles. The van der Waals surface area contributed by atoms with E-state index in [2.05, 4.69) is 35.7 Å². The third kappa shape index (κ3) is 11.4. The van der Waals surface area contributed by atoms with E-state index in [1.807, 2.05) is 30.0 Å². The number of nitrogens with zero attached hydrogens (tertiary/aromatic N) is 3. The summed E-state index contributed by atoms with van der Waals surface area (Å²) in [5, 5.41) is 5.36. The largest absolute Gasteiger partial charge is 0.493 e. The van der Waals surface area contributed by atoms with E-state index in [-0.39, 0.29) is 11.9 Å². The Kier molecular flexibility index (Phi) is 14.9. The first-order chi connectivity index (χ1) is 19.2. The molecule has 40 heavy (non-hydrogen) atoms. The van der Waals surface area contributed by atoms with Crippen molar-refractivity contribution in [2.75, 3.05) is 45.8 Å². The van der Waals surface area contributed by atoms with Crippen LogP contribution in [0.5, 0.6) is 11.5 Å². The number of benzene rings is 1. The molecular weight excluding hydrogens is 551 g/mol. The SMILES string of the molecule is C=C/C=C(/Cl)C/C(Cl)=C\C(C)Nc1ncnc2cc(OCCCN(CCOC)C(=O)CCC(C)C)c(OC)cc12. The topological polar surface area (TPSA) is 85.8 Å². The van der Waals surface area contributed by atoms with Gasteiger partial charge >= 0.3 is 0 Å². The van der Waals surface area contributed by atoms with Crippen molar-refractivity contribution in [2.45, 2.75) is 52.5 Å². The summed E-state index contributed by atoms with van der Waals surface area (Å²) in [6, 6.07) is 3.57. The molecule has 10 heteroatoms. The summed E-state index contributed by atoms with van der Waals surface area (Å²) >= 11 is 12.5. The van der Waals surface area contributed by atoms with Crippen LogP contribution >= 0.6 is 23.2 Å². The lowest BCUT2D eigenvalue weighted by Crippen LogP contribution is -2.35. The maximum atomic E-state index is 12.7. The van der Waals surface area contributed by atoms with Crippen molar-refractivity contribution in [3.05, 3.63) is 53.3 Å². The highest BCUT2D eigenvalue weighted by atomic mass is 35.5. The van der Waals surface area contributed by atoms with E-state index in [4.69, 9.17) is 37.4 Å². The molecule has 0 saturated heterocycles. The van der Waals surface area contributed by atoms with Crippen molar-refractivity contribution in [3.8, 4) is 11.5 Å². The minimum atomic E-state index is -0.120. The molecule has 220 valence electrons. The van der Waals surface area contributed by atoms with Crippen molar-refractivity contribution < 1.29 is 19.0 Å². The molecule has 8 nitrogen and oxygen atoms in total. The molecule has 0 spiro atoms. The highest BCUT2D eigenvalue weighted by Crippen LogP contribution is 2.34. The number of amides is 1. The Labute approximate surface area is 248 Å². The zero-order valence-corrected chi connectivity index (χ0v) is 25.7. The van der Waals surface area contributed by atoms with Crippen LogP contribution in [0, 0.1) is 5.92 Å². The minimum Gasteiger partial charge on any atom is -0.493 e. The molecule has 1 atom stereocenters. The van der Waals surface area contributed by atoms with Gasteiger partial charge in [0, 0.05) is 60.6 Å². The number of carbonyl (C=O) groups excluding carboxylic acids is 1. The van der Waals surface area contributed by atoms with E-state index in [9.17, 15) is 4.79 Å². The number of carbonyl (C=O) groups is 1. The first-order valence-corrected chi connectivity index (χ1v) is 14.3. The van der Waals surface area contributed by atoms with Gasteiger partial charge in [-0.3, -0.25) is 4.79 Å². The molecular formula is C30H42Cl2N4O4. The molecule has 0 fully saturated rings. The first-order valence-electron chi connectivity index (χ1n) is 13.5. The summed E-state index contributed by atoms with van der Waals surface area (Å²) < 4.78 is 16.9. The van der Waals surface area contributed by atoms with E-state index >= 15 is 0 Å².